The van der Waals surface area contributed by atoms with E-state index in [1.807, 2.05) is 42.2 Å². The van der Waals surface area contributed by atoms with Gasteiger partial charge in [-0.25, -0.2) is 8.42 Å². The van der Waals surface area contributed by atoms with Gasteiger partial charge in [0.05, 0.1) is 10.9 Å². The summed E-state index contributed by atoms with van der Waals surface area (Å²) in [6.45, 7) is 5.48. The Labute approximate surface area is 179 Å². The Kier molecular flexibility index (Phi) is 6.22. The van der Waals surface area contributed by atoms with Crippen molar-refractivity contribution < 1.29 is 13.2 Å². The molecule has 4 rings (SSSR count). The zero-order valence-corrected chi connectivity index (χ0v) is 18.2. The number of aryl methyl sites for hydroxylation is 1. The van der Waals surface area contributed by atoms with Crippen LogP contribution in [0.5, 0.6) is 0 Å². The molecule has 2 saturated heterocycles. The number of carbonyl (C=O) groups is 1. The molecule has 0 bridgehead atoms. The molecule has 0 radical (unpaired) electrons. The monoisotopic (exact) mass is 427 g/mol. The number of piperazine rings is 1. The highest BCUT2D eigenvalue weighted by Gasteiger charge is 2.38. The van der Waals surface area contributed by atoms with E-state index in [1.165, 1.54) is 5.56 Å². The van der Waals surface area contributed by atoms with Crippen molar-refractivity contribution in [2.24, 2.45) is 0 Å². The van der Waals surface area contributed by atoms with Gasteiger partial charge in [-0.3, -0.25) is 9.69 Å². The maximum Gasteiger partial charge on any atom is 0.243 e. The fourth-order valence-corrected chi connectivity index (χ4v) is 5.73. The van der Waals surface area contributed by atoms with Crippen LogP contribution in [0.4, 0.5) is 0 Å². The number of rotatable bonds is 6. The molecule has 0 N–H and O–H groups in total. The summed E-state index contributed by atoms with van der Waals surface area (Å²) in [6, 6.07) is 17.1. The van der Waals surface area contributed by atoms with Crippen LogP contribution in [0.2, 0.25) is 0 Å². The van der Waals surface area contributed by atoms with Gasteiger partial charge in [-0.05, 0) is 37.5 Å². The lowest BCUT2D eigenvalue weighted by molar-refractivity contribution is -0.132. The molecule has 1 amide bonds. The second-order valence-corrected chi connectivity index (χ2v) is 10.1. The molecule has 0 aromatic heterocycles. The molecule has 0 spiro atoms. The van der Waals surface area contributed by atoms with Crippen molar-refractivity contribution in [3.05, 3.63) is 65.7 Å². The smallest absolute Gasteiger partial charge is 0.243 e. The molecule has 7 heteroatoms. The number of hydrogen-bond donors (Lipinski definition) is 0. The van der Waals surface area contributed by atoms with E-state index >= 15 is 0 Å². The number of likely N-dealkylation sites (tertiary alicyclic amines) is 1. The Morgan fingerprint density at radius 2 is 1.57 bits per heavy atom. The van der Waals surface area contributed by atoms with E-state index in [2.05, 4.69) is 17.0 Å². The lowest BCUT2D eigenvalue weighted by Crippen LogP contribution is -2.53. The Bertz CT molecular complexity index is 969. The van der Waals surface area contributed by atoms with Crippen LogP contribution in [0.15, 0.2) is 59.5 Å². The summed E-state index contributed by atoms with van der Waals surface area (Å²) >= 11 is 0. The molecule has 1 unspecified atom stereocenters. The largest absolute Gasteiger partial charge is 0.341 e. The lowest BCUT2D eigenvalue weighted by Gasteiger charge is -2.36. The van der Waals surface area contributed by atoms with Crippen molar-refractivity contribution in [3.8, 4) is 0 Å². The minimum Gasteiger partial charge on any atom is -0.341 e. The molecule has 30 heavy (non-hydrogen) atoms. The average Bonchev–Trinajstić information content (AvgIpc) is 3.14. The standard InChI is InChI=1S/C23H29N3O3S/c1-19-7-9-21(10-8-19)30(28,29)26-17-15-24(16-18-26)22-12-14-25(23(22)27)13-11-20-5-3-2-4-6-20/h2-10,22H,11-18H2,1H3. The van der Waals surface area contributed by atoms with Gasteiger partial charge >= 0.3 is 0 Å². The molecule has 1 atom stereocenters. The number of hydrogen-bond acceptors (Lipinski definition) is 4. The Hall–Kier alpha value is -2.22. The summed E-state index contributed by atoms with van der Waals surface area (Å²) in [7, 11) is -3.48. The summed E-state index contributed by atoms with van der Waals surface area (Å²) in [6.07, 6.45) is 1.68. The second-order valence-electron chi connectivity index (χ2n) is 8.12. The normalized spacial score (nSPS) is 21.3. The Morgan fingerprint density at radius 1 is 0.900 bits per heavy atom. The molecule has 2 aromatic carbocycles. The number of nitrogens with zero attached hydrogens (tertiary/aromatic N) is 3. The van der Waals surface area contributed by atoms with Gasteiger partial charge < -0.3 is 4.90 Å². The first-order valence-corrected chi connectivity index (χ1v) is 12.0. The molecule has 0 aliphatic carbocycles. The summed E-state index contributed by atoms with van der Waals surface area (Å²) in [5, 5.41) is 0. The van der Waals surface area contributed by atoms with Gasteiger partial charge in [-0.1, -0.05) is 48.0 Å². The molecule has 2 aromatic rings. The first-order chi connectivity index (χ1) is 14.4. The Morgan fingerprint density at radius 3 is 2.23 bits per heavy atom. The third kappa shape index (κ3) is 4.43. The summed E-state index contributed by atoms with van der Waals surface area (Å²) in [4.78, 5) is 17.4. The average molecular weight is 428 g/mol. The quantitative estimate of drug-likeness (QED) is 0.709. The number of carbonyl (C=O) groups excluding carboxylic acids is 1. The van der Waals surface area contributed by atoms with Gasteiger partial charge in [0.25, 0.3) is 0 Å². The topological polar surface area (TPSA) is 60.9 Å². The maximum absolute atomic E-state index is 12.9. The van der Waals surface area contributed by atoms with Gasteiger partial charge in [0.15, 0.2) is 0 Å². The van der Waals surface area contributed by atoms with Crippen LogP contribution in [0.3, 0.4) is 0 Å². The molecule has 160 valence electrons. The van der Waals surface area contributed by atoms with Crippen molar-refractivity contribution in [2.75, 3.05) is 39.3 Å². The van der Waals surface area contributed by atoms with Crippen LogP contribution in [-0.4, -0.2) is 73.7 Å². The molecule has 0 saturated carbocycles. The van der Waals surface area contributed by atoms with Crippen molar-refractivity contribution in [2.45, 2.75) is 30.7 Å². The molecular formula is C23H29N3O3S. The van der Waals surface area contributed by atoms with Gasteiger partial charge in [-0.15, -0.1) is 0 Å². The summed E-state index contributed by atoms with van der Waals surface area (Å²) in [5.41, 5.74) is 2.28. The number of sulfonamides is 1. The molecular weight excluding hydrogens is 398 g/mol. The van der Waals surface area contributed by atoms with E-state index < -0.39 is 10.0 Å². The molecule has 2 fully saturated rings. The maximum atomic E-state index is 12.9. The van der Waals surface area contributed by atoms with Crippen molar-refractivity contribution in [1.82, 2.24) is 14.1 Å². The van der Waals surface area contributed by atoms with Crippen LogP contribution in [0.1, 0.15) is 17.5 Å². The minimum absolute atomic E-state index is 0.120. The predicted octanol–water partition coefficient (Wildman–Crippen LogP) is 2.14. The highest BCUT2D eigenvalue weighted by molar-refractivity contribution is 7.89. The zero-order chi connectivity index (χ0) is 21.1. The van der Waals surface area contributed by atoms with E-state index in [0.717, 1.165) is 31.5 Å². The van der Waals surface area contributed by atoms with Crippen LogP contribution in [0.25, 0.3) is 0 Å². The fraction of sp³-hybridized carbons (Fsp3) is 0.435. The van der Waals surface area contributed by atoms with Gasteiger partial charge in [0.2, 0.25) is 15.9 Å². The molecule has 2 aliphatic heterocycles. The van der Waals surface area contributed by atoms with E-state index in [-0.39, 0.29) is 11.9 Å². The number of benzene rings is 2. The molecule has 2 heterocycles. The fourth-order valence-electron chi connectivity index (χ4n) is 4.31. The van der Waals surface area contributed by atoms with E-state index in [9.17, 15) is 13.2 Å². The highest BCUT2D eigenvalue weighted by Crippen LogP contribution is 2.23. The third-order valence-corrected chi connectivity index (χ3v) is 8.07. The van der Waals surface area contributed by atoms with Crippen LogP contribution >= 0.6 is 0 Å². The Balaban J connectivity index is 1.32. The van der Waals surface area contributed by atoms with Crippen LogP contribution < -0.4 is 0 Å². The first-order valence-electron chi connectivity index (χ1n) is 10.6. The first kappa shape index (κ1) is 21.0. The summed E-state index contributed by atoms with van der Waals surface area (Å²) in [5.74, 6) is 0.181. The second kappa shape index (κ2) is 8.88. The SMILES string of the molecule is Cc1ccc(S(=O)(=O)N2CCN(C3CCN(CCc4ccccc4)C3=O)CC2)cc1. The lowest BCUT2D eigenvalue weighted by atomic mass is 10.1. The summed E-state index contributed by atoms with van der Waals surface area (Å²) < 4.78 is 27.3. The van der Waals surface area contributed by atoms with Gasteiger partial charge in [0.1, 0.15) is 0 Å². The molecule has 2 aliphatic rings. The van der Waals surface area contributed by atoms with E-state index in [0.29, 0.717) is 31.1 Å². The van der Waals surface area contributed by atoms with E-state index in [1.54, 1.807) is 16.4 Å². The minimum atomic E-state index is -3.48. The molecule has 6 nitrogen and oxygen atoms in total. The predicted molar refractivity (Wildman–Crippen MR) is 117 cm³/mol. The van der Waals surface area contributed by atoms with Crippen molar-refractivity contribution >= 4 is 15.9 Å². The van der Waals surface area contributed by atoms with Gasteiger partial charge in [-0.2, -0.15) is 4.31 Å². The van der Waals surface area contributed by atoms with Crippen LogP contribution in [0, 0.1) is 6.92 Å². The van der Waals surface area contributed by atoms with E-state index in [4.69, 9.17) is 0 Å². The van der Waals surface area contributed by atoms with Gasteiger partial charge in [0, 0.05) is 39.3 Å². The van der Waals surface area contributed by atoms with Crippen molar-refractivity contribution in [1.29, 1.82) is 0 Å². The van der Waals surface area contributed by atoms with Crippen molar-refractivity contribution in [3.63, 3.8) is 0 Å². The zero-order valence-electron chi connectivity index (χ0n) is 17.4. The number of amides is 1. The third-order valence-electron chi connectivity index (χ3n) is 6.16. The van der Waals surface area contributed by atoms with Crippen LogP contribution in [-0.2, 0) is 21.2 Å². The highest BCUT2D eigenvalue weighted by atomic mass is 32.2.